The summed E-state index contributed by atoms with van der Waals surface area (Å²) in [6, 6.07) is 8.62. The standard InChI is InChI=1S/C20H23N3O2/c1-11-6-7-19(13(3)12(11)2)23-15(5)20(14(4)22-23)21-16-8-17(24)10-18(25)9-16/h6-10,21,24-25H,1-5H3. The summed E-state index contributed by atoms with van der Waals surface area (Å²) in [5.41, 5.74) is 8.06. The third-order valence-electron chi connectivity index (χ3n) is 4.72. The maximum absolute atomic E-state index is 9.67. The van der Waals surface area contributed by atoms with Crippen LogP contribution < -0.4 is 5.32 Å². The van der Waals surface area contributed by atoms with Crippen molar-refractivity contribution in [3.8, 4) is 17.2 Å². The SMILES string of the molecule is Cc1ccc(-n2nc(C)c(Nc3cc(O)cc(O)c3)c2C)c(C)c1C. The minimum atomic E-state index is 0.00945. The maximum atomic E-state index is 9.67. The van der Waals surface area contributed by atoms with Crippen molar-refractivity contribution in [2.75, 3.05) is 5.32 Å². The van der Waals surface area contributed by atoms with Gasteiger partial charge in [0.25, 0.3) is 0 Å². The summed E-state index contributed by atoms with van der Waals surface area (Å²) in [5.74, 6) is 0.0189. The van der Waals surface area contributed by atoms with Crippen molar-refractivity contribution < 1.29 is 10.2 Å². The highest BCUT2D eigenvalue weighted by molar-refractivity contribution is 5.67. The smallest absolute Gasteiger partial charge is 0.121 e. The first kappa shape index (κ1) is 16.9. The minimum Gasteiger partial charge on any atom is -0.508 e. The Bertz CT molecular complexity index is 938. The molecule has 25 heavy (non-hydrogen) atoms. The van der Waals surface area contributed by atoms with Gasteiger partial charge in [0.15, 0.2) is 0 Å². The Balaban J connectivity index is 2.06. The van der Waals surface area contributed by atoms with Crippen molar-refractivity contribution in [3.05, 3.63) is 58.4 Å². The van der Waals surface area contributed by atoms with Crippen LogP contribution in [0.5, 0.6) is 11.5 Å². The van der Waals surface area contributed by atoms with E-state index >= 15 is 0 Å². The molecule has 1 aromatic heterocycles. The molecule has 1 heterocycles. The highest BCUT2D eigenvalue weighted by atomic mass is 16.3. The first-order chi connectivity index (χ1) is 11.8. The third-order valence-corrected chi connectivity index (χ3v) is 4.72. The molecule has 0 saturated heterocycles. The number of nitrogens with zero attached hydrogens (tertiary/aromatic N) is 2. The quantitative estimate of drug-likeness (QED) is 0.655. The van der Waals surface area contributed by atoms with E-state index in [1.165, 1.54) is 22.8 Å². The van der Waals surface area contributed by atoms with E-state index in [9.17, 15) is 10.2 Å². The lowest BCUT2D eigenvalue weighted by molar-refractivity contribution is 0.451. The summed E-state index contributed by atoms with van der Waals surface area (Å²) in [5, 5.41) is 27.3. The summed E-state index contributed by atoms with van der Waals surface area (Å²) in [7, 11) is 0. The molecular weight excluding hydrogens is 314 g/mol. The summed E-state index contributed by atoms with van der Waals surface area (Å²) >= 11 is 0. The second-order valence-electron chi connectivity index (χ2n) is 6.47. The van der Waals surface area contributed by atoms with Crippen molar-refractivity contribution in [1.82, 2.24) is 9.78 Å². The lowest BCUT2D eigenvalue weighted by Crippen LogP contribution is -2.04. The van der Waals surface area contributed by atoms with Crippen molar-refractivity contribution in [2.45, 2.75) is 34.6 Å². The lowest BCUT2D eigenvalue weighted by Gasteiger charge is -2.13. The van der Waals surface area contributed by atoms with Crippen LogP contribution in [0.2, 0.25) is 0 Å². The van der Waals surface area contributed by atoms with Gasteiger partial charge < -0.3 is 15.5 Å². The molecule has 3 rings (SSSR count). The molecule has 2 aromatic carbocycles. The zero-order valence-corrected chi connectivity index (χ0v) is 15.2. The molecular formula is C20H23N3O2. The second kappa shape index (κ2) is 6.16. The molecule has 0 fully saturated rings. The molecule has 0 saturated carbocycles. The topological polar surface area (TPSA) is 70.3 Å². The van der Waals surface area contributed by atoms with Crippen LogP contribution in [0, 0.1) is 34.6 Å². The number of rotatable bonds is 3. The van der Waals surface area contributed by atoms with Crippen LogP contribution >= 0.6 is 0 Å². The molecule has 0 aliphatic heterocycles. The molecule has 0 aliphatic rings. The van der Waals surface area contributed by atoms with E-state index in [-0.39, 0.29) is 11.5 Å². The molecule has 0 aliphatic carbocycles. The fraction of sp³-hybridized carbons (Fsp3) is 0.250. The van der Waals surface area contributed by atoms with Crippen LogP contribution in [0.4, 0.5) is 11.4 Å². The van der Waals surface area contributed by atoms with Gasteiger partial charge >= 0.3 is 0 Å². The fourth-order valence-corrected chi connectivity index (χ4v) is 3.04. The number of phenolic OH excluding ortho intramolecular Hbond substituents is 2. The van der Waals surface area contributed by atoms with Gasteiger partial charge in [-0.3, -0.25) is 0 Å². The number of aromatic nitrogens is 2. The fourth-order valence-electron chi connectivity index (χ4n) is 3.04. The van der Waals surface area contributed by atoms with Gasteiger partial charge in [-0.1, -0.05) is 6.07 Å². The van der Waals surface area contributed by atoms with Crippen LogP contribution in [0.1, 0.15) is 28.1 Å². The van der Waals surface area contributed by atoms with E-state index in [1.54, 1.807) is 12.1 Å². The van der Waals surface area contributed by atoms with Crippen LogP contribution in [0.3, 0.4) is 0 Å². The van der Waals surface area contributed by atoms with E-state index in [1.807, 2.05) is 18.5 Å². The Morgan fingerprint density at radius 2 is 1.52 bits per heavy atom. The zero-order valence-electron chi connectivity index (χ0n) is 15.2. The Kier molecular flexibility index (Phi) is 4.17. The number of aromatic hydroxyl groups is 2. The van der Waals surface area contributed by atoms with Gasteiger partial charge in [0.05, 0.1) is 22.8 Å². The van der Waals surface area contributed by atoms with Gasteiger partial charge in [-0.25, -0.2) is 4.68 Å². The first-order valence-electron chi connectivity index (χ1n) is 8.21. The number of hydrogen-bond acceptors (Lipinski definition) is 4. The van der Waals surface area contributed by atoms with Crippen LogP contribution in [-0.4, -0.2) is 20.0 Å². The molecule has 0 unspecified atom stereocenters. The van der Waals surface area contributed by atoms with E-state index in [0.29, 0.717) is 5.69 Å². The molecule has 0 bridgehead atoms. The van der Waals surface area contributed by atoms with Gasteiger partial charge in [0.1, 0.15) is 11.5 Å². The average Bonchev–Trinajstić information content (AvgIpc) is 2.80. The summed E-state index contributed by atoms with van der Waals surface area (Å²) in [6.07, 6.45) is 0. The first-order valence-corrected chi connectivity index (χ1v) is 8.21. The molecule has 0 spiro atoms. The van der Waals surface area contributed by atoms with E-state index < -0.39 is 0 Å². The van der Waals surface area contributed by atoms with Gasteiger partial charge in [-0.2, -0.15) is 5.10 Å². The highest BCUT2D eigenvalue weighted by Crippen LogP contribution is 2.31. The minimum absolute atomic E-state index is 0.00945. The Labute approximate surface area is 147 Å². The molecule has 3 aromatic rings. The van der Waals surface area contributed by atoms with Crippen molar-refractivity contribution >= 4 is 11.4 Å². The highest BCUT2D eigenvalue weighted by Gasteiger charge is 2.16. The number of nitrogens with one attached hydrogen (secondary N) is 1. The molecule has 3 N–H and O–H groups in total. The predicted octanol–water partition coefficient (Wildman–Crippen LogP) is 4.57. The Morgan fingerprint density at radius 3 is 2.16 bits per heavy atom. The number of phenols is 2. The van der Waals surface area contributed by atoms with Gasteiger partial charge in [0, 0.05) is 23.9 Å². The molecule has 0 atom stereocenters. The third kappa shape index (κ3) is 3.05. The van der Waals surface area contributed by atoms with Crippen molar-refractivity contribution in [2.24, 2.45) is 0 Å². The Hall–Kier alpha value is -2.95. The second-order valence-corrected chi connectivity index (χ2v) is 6.47. The summed E-state index contributed by atoms with van der Waals surface area (Å²) in [4.78, 5) is 0. The normalized spacial score (nSPS) is 10.9. The van der Waals surface area contributed by atoms with E-state index in [0.717, 1.165) is 22.8 Å². The summed E-state index contributed by atoms with van der Waals surface area (Å²) in [6.45, 7) is 10.3. The van der Waals surface area contributed by atoms with Crippen molar-refractivity contribution in [3.63, 3.8) is 0 Å². The number of aryl methyl sites for hydroxylation is 2. The molecule has 5 nitrogen and oxygen atoms in total. The molecule has 5 heteroatoms. The number of anilines is 2. The number of hydrogen-bond donors (Lipinski definition) is 3. The van der Waals surface area contributed by atoms with E-state index in [2.05, 4.69) is 43.3 Å². The molecule has 0 radical (unpaired) electrons. The monoisotopic (exact) mass is 337 g/mol. The van der Waals surface area contributed by atoms with E-state index in [4.69, 9.17) is 0 Å². The van der Waals surface area contributed by atoms with Crippen molar-refractivity contribution in [1.29, 1.82) is 0 Å². The Morgan fingerprint density at radius 1 is 0.880 bits per heavy atom. The zero-order chi connectivity index (χ0) is 18.3. The van der Waals surface area contributed by atoms with Gasteiger partial charge in [0.2, 0.25) is 0 Å². The van der Waals surface area contributed by atoms with Crippen LogP contribution in [-0.2, 0) is 0 Å². The van der Waals surface area contributed by atoms with Gasteiger partial charge in [-0.15, -0.1) is 0 Å². The van der Waals surface area contributed by atoms with Crippen LogP contribution in [0.25, 0.3) is 5.69 Å². The summed E-state index contributed by atoms with van der Waals surface area (Å²) < 4.78 is 1.93. The predicted molar refractivity (Wildman–Crippen MR) is 100 cm³/mol. The maximum Gasteiger partial charge on any atom is 0.121 e. The average molecular weight is 337 g/mol. The largest absolute Gasteiger partial charge is 0.508 e. The molecule has 130 valence electrons. The molecule has 0 amide bonds. The van der Waals surface area contributed by atoms with Gasteiger partial charge in [-0.05, 0) is 57.4 Å². The van der Waals surface area contributed by atoms with Crippen LogP contribution in [0.15, 0.2) is 30.3 Å². The lowest BCUT2D eigenvalue weighted by atomic mass is 10.0. The number of benzene rings is 2.